The molecule has 0 N–H and O–H groups in total. The molecule has 0 bridgehead atoms. The summed E-state index contributed by atoms with van der Waals surface area (Å²) in [5.74, 6) is -0.0380. The maximum absolute atomic E-state index is 13.4. The molecule has 3 aromatic carbocycles. The third-order valence-electron chi connectivity index (χ3n) is 5.07. The predicted molar refractivity (Wildman–Crippen MR) is 108 cm³/mol. The van der Waals surface area contributed by atoms with E-state index in [4.69, 9.17) is 0 Å². The number of hydrogen-bond donors (Lipinski definition) is 0. The number of benzene rings is 3. The van der Waals surface area contributed by atoms with Gasteiger partial charge in [-0.1, -0.05) is 65.4 Å². The van der Waals surface area contributed by atoms with Crippen LogP contribution in [0, 0.1) is 6.92 Å². The summed E-state index contributed by atoms with van der Waals surface area (Å²) in [5, 5.41) is 8.85. The summed E-state index contributed by atoms with van der Waals surface area (Å²) in [6.07, 6.45) is 0. The largest absolute Gasteiger partial charge is 0.302 e. The van der Waals surface area contributed by atoms with Gasteiger partial charge in [0.15, 0.2) is 0 Å². The predicted octanol–water partition coefficient (Wildman–Crippen LogP) is 4.40. The number of nitrogens with zero attached hydrogens (tertiary/aromatic N) is 4. The van der Waals surface area contributed by atoms with Crippen LogP contribution in [0.25, 0.3) is 16.9 Å². The van der Waals surface area contributed by atoms with Gasteiger partial charge in [-0.05, 0) is 31.2 Å². The van der Waals surface area contributed by atoms with E-state index in [-0.39, 0.29) is 5.91 Å². The minimum atomic E-state index is -0.0380. The fourth-order valence-corrected chi connectivity index (χ4v) is 3.60. The molecular formula is C23H18N4O. The van der Waals surface area contributed by atoms with Crippen LogP contribution in [0.4, 0.5) is 5.69 Å². The molecular weight excluding hydrogens is 348 g/mol. The Morgan fingerprint density at radius 3 is 2.36 bits per heavy atom. The van der Waals surface area contributed by atoms with Crippen LogP contribution in [0.15, 0.2) is 78.9 Å². The van der Waals surface area contributed by atoms with E-state index in [0.717, 1.165) is 33.9 Å². The van der Waals surface area contributed by atoms with Crippen molar-refractivity contribution in [1.82, 2.24) is 15.0 Å². The molecule has 0 saturated carbocycles. The highest BCUT2D eigenvalue weighted by Gasteiger charge is 2.30. The smallest absolute Gasteiger partial charge is 0.260 e. The first-order valence-corrected chi connectivity index (χ1v) is 9.20. The summed E-state index contributed by atoms with van der Waals surface area (Å²) in [7, 11) is 0. The molecule has 0 radical (unpaired) electrons. The van der Waals surface area contributed by atoms with E-state index in [1.54, 1.807) is 9.58 Å². The van der Waals surface area contributed by atoms with Crippen LogP contribution >= 0.6 is 0 Å². The van der Waals surface area contributed by atoms with E-state index in [0.29, 0.717) is 12.1 Å². The maximum Gasteiger partial charge on any atom is 0.260 e. The first kappa shape index (κ1) is 16.4. The lowest BCUT2D eigenvalue weighted by Crippen LogP contribution is -2.29. The average molecular weight is 366 g/mol. The highest BCUT2D eigenvalue weighted by atomic mass is 16.2. The number of hydrogen-bond acceptors (Lipinski definition) is 3. The normalized spacial score (nSPS) is 13.0. The lowest BCUT2D eigenvalue weighted by molar-refractivity contribution is 0.0986. The molecule has 1 amide bonds. The molecule has 28 heavy (non-hydrogen) atoms. The van der Waals surface area contributed by atoms with Gasteiger partial charge >= 0.3 is 0 Å². The van der Waals surface area contributed by atoms with Crippen molar-refractivity contribution in [2.75, 3.05) is 4.90 Å². The second-order valence-electron chi connectivity index (χ2n) is 6.91. The van der Waals surface area contributed by atoms with Crippen molar-refractivity contribution < 1.29 is 4.79 Å². The van der Waals surface area contributed by atoms with E-state index < -0.39 is 0 Å². The summed E-state index contributed by atoms with van der Waals surface area (Å²) >= 11 is 0. The topological polar surface area (TPSA) is 51.0 Å². The Balaban J connectivity index is 1.73. The molecule has 1 aromatic heterocycles. The molecule has 0 fully saturated rings. The molecule has 2 heterocycles. The van der Waals surface area contributed by atoms with Gasteiger partial charge in [-0.15, -0.1) is 5.10 Å². The van der Waals surface area contributed by atoms with Gasteiger partial charge in [0.2, 0.25) is 0 Å². The number of anilines is 1. The van der Waals surface area contributed by atoms with E-state index in [1.165, 1.54) is 0 Å². The Morgan fingerprint density at radius 1 is 0.857 bits per heavy atom. The lowest BCUT2D eigenvalue weighted by atomic mass is 10.1. The number of aromatic nitrogens is 3. The lowest BCUT2D eigenvalue weighted by Gasteiger charge is -2.21. The van der Waals surface area contributed by atoms with Crippen LogP contribution in [-0.4, -0.2) is 20.9 Å². The summed E-state index contributed by atoms with van der Waals surface area (Å²) in [4.78, 5) is 15.2. The van der Waals surface area contributed by atoms with Crippen molar-refractivity contribution in [2.45, 2.75) is 13.5 Å². The average Bonchev–Trinajstić information content (AvgIpc) is 3.11. The Morgan fingerprint density at radius 2 is 1.57 bits per heavy atom. The zero-order valence-corrected chi connectivity index (χ0v) is 15.4. The van der Waals surface area contributed by atoms with Crippen molar-refractivity contribution in [2.24, 2.45) is 0 Å². The van der Waals surface area contributed by atoms with Crippen LogP contribution in [-0.2, 0) is 6.54 Å². The van der Waals surface area contributed by atoms with Gasteiger partial charge in [-0.2, -0.15) is 0 Å². The summed E-state index contributed by atoms with van der Waals surface area (Å²) in [5.41, 5.74) is 6.06. The number of carbonyl (C=O) groups excluding carboxylic acids is 1. The van der Waals surface area contributed by atoms with Crippen LogP contribution in [0.1, 0.15) is 21.6 Å². The molecule has 1 aliphatic rings. The van der Waals surface area contributed by atoms with Gasteiger partial charge in [0.25, 0.3) is 5.91 Å². The monoisotopic (exact) mass is 366 g/mol. The van der Waals surface area contributed by atoms with Gasteiger partial charge in [0, 0.05) is 11.3 Å². The second-order valence-corrected chi connectivity index (χ2v) is 6.91. The van der Waals surface area contributed by atoms with E-state index in [9.17, 15) is 4.79 Å². The zero-order chi connectivity index (χ0) is 19.1. The molecule has 5 nitrogen and oxygen atoms in total. The van der Waals surface area contributed by atoms with Crippen LogP contribution in [0.2, 0.25) is 0 Å². The van der Waals surface area contributed by atoms with Gasteiger partial charge in [-0.3, -0.25) is 4.79 Å². The van der Waals surface area contributed by atoms with Crippen molar-refractivity contribution in [1.29, 1.82) is 0 Å². The van der Waals surface area contributed by atoms with Crippen LogP contribution in [0.3, 0.4) is 0 Å². The van der Waals surface area contributed by atoms with Crippen LogP contribution in [0.5, 0.6) is 0 Å². The molecule has 5 rings (SSSR count). The fourth-order valence-electron chi connectivity index (χ4n) is 3.60. The first-order chi connectivity index (χ1) is 13.7. The Bertz CT molecular complexity index is 1160. The molecule has 0 spiro atoms. The minimum Gasteiger partial charge on any atom is -0.302 e. The number of amides is 1. The van der Waals surface area contributed by atoms with E-state index >= 15 is 0 Å². The standard InChI is InChI=1S/C23H18N4O/c1-16-11-13-18(14-12-16)26-15-21-22(17-7-3-2-4-8-17)24-25-27(21)20-10-6-5-9-19(20)23(26)28/h2-14H,15H2,1H3. The van der Waals surface area contributed by atoms with Gasteiger partial charge < -0.3 is 4.90 Å². The molecule has 0 atom stereocenters. The minimum absolute atomic E-state index is 0.0380. The Kier molecular flexibility index (Phi) is 3.79. The van der Waals surface area contributed by atoms with Crippen molar-refractivity contribution in [3.63, 3.8) is 0 Å². The third-order valence-corrected chi connectivity index (χ3v) is 5.07. The van der Waals surface area contributed by atoms with Crippen molar-refractivity contribution in [3.05, 3.63) is 95.7 Å². The van der Waals surface area contributed by atoms with Gasteiger partial charge in [0.1, 0.15) is 5.69 Å². The highest BCUT2D eigenvalue weighted by Crippen LogP contribution is 2.32. The van der Waals surface area contributed by atoms with Crippen molar-refractivity contribution in [3.8, 4) is 16.9 Å². The SMILES string of the molecule is Cc1ccc(N2Cc3c(-c4ccccc4)nnn3-c3ccccc3C2=O)cc1. The highest BCUT2D eigenvalue weighted by molar-refractivity contribution is 6.09. The van der Waals surface area contributed by atoms with E-state index in [1.807, 2.05) is 85.8 Å². The summed E-state index contributed by atoms with van der Waals surface area (Å²) in [6.45, 7) is 2.43. The quantitative estimate of drug-likeness (QED) is 0.528. The molecule has 0 aliphatic carbocycles. The Labute approximate surface area is 162 Å². The molecule has 1 aliphatic heterocycles. The summed E-state index contributed by atoms with van der Waals surface area (Å²) < 4.78 is 1.80. The van der Waals surface area contributed by atoms with Gasteiger partial charge in [0.05, 0.1) is 23.5 Å². The van der Waals surface area contributed by atoms with Crippen molar-refractivity contribution >= 4 is 11.6 Å². The molecule has 136 valence electrons. The van der Waals surface area contributed by atoms with Crippen LogP contribution < -0.4 is 4.90 Å². The molecule has 5 heteroatoms. The number of fused-ring (bicyclic) bond motifs is 3. The molecule has 4 aromatic rings. The Hall–Kier alpha value is -3.73. The van der Waals surface area contributed by atoms with Gasteiger partial charge in [-0.25, -0.2) is 4.68 Å². The number of aryl methyl sites for hydroxylation is 1. The summed E-state index contributed by atoms with van der Waals surface area (Å²) in [6, 6.07) is 25.5. The third kappa shape index (κ3) is 2.60. The number of para-hydroxylation sites is 1. The zero-order valence-electron chi connectivity index (χ0n) is 15.4. The number of carbonyl (C=O) groups is 1. The maximum atomic E-state index is 13.4. The second kappa shape index (κ2) is 6.46. The van der Waals surface area contributed by atoms with E-state index in [2.05, 4.69) is 10.3 Å². The molecule has 0 unspecified atom stereocenters. The fraction of sp³-hybridized carbons (Fsp3) is 0.0870. The first-order valence-electron chi connectivity index (χ1n) is 9.20. The number of rotatable bonds is 2. The molecule has 0 saturated heterocycles.